The molecule has 4 N–H and O–H groups in total. The van der Waals surface area contributed by atoms with Gasteiger partial charge in [-0.1, -0.05) is 19.8 Å². The van der Waals surface area contributed by atoms with Crippen LogP contribution in [0.25, 0.3) is 0 Å². The van der Waals surface area contributed by atoms with E-state index in [1.807, 2.05) is 0 Å². The van der Waals surface area contributed by atoms with E-state index in [4.69, 9.17) is 6.42 Å². The molecule has 4 aliphatic rings. The van der Waals surface area contributed by atoms with Crippen LogP contribution in [0.3, 0.4) is 0 Å². The summed E-state index contributed by atoms with van der Waals surface area (Å²) in [7, 11) is 0. The molecule has 4 aliphatic carbocycles. The van der Waals surface area contributed by atoms with Gasteiger partial charge in [-0.15, -0.1) is 6.42 Å². The number of fused-ring (bicyclic) bond motifs is 5. The molecule has 0 bridgehead atoms. The van der Waals surface area contributed by atoms with Crippen molar-refractivity contribution in [3.8, 4) is 12.3 Å². The summed E-state index contributed by atoms with van der Waals surface area (Å²) in [6.07, 6.45) is 15.3. The Hall–Kier alpha value is -0.560. The van der Waals surface area contributed by atoms with Crippen LogP contribution in [0, 0.1) is 46.8 Å². The number of rotatable bonds is 0. The van der Waals surface area contributed by atoms with Gasteiger partial charge in [-0.2, -0.15) is 0 Å². The van der Waals surface area contributed by atoms with Gasteiger partial charge in [0, 0.05) is 0 Å². The normalized spacial score (nSPS) is 56.2. The van der Waals surface area contributed by atoms with E-state index in [1.165, 1.54) is 32.1 Å². The summed E-state index contributed by atoms with van der Waals surface area (Å²) in [4.78, 5) is 0. The van der Waals surface area contributed by atoms with Gasteiger partial charge < -0.3 is 15.7 Å². The maximum Gasteiger partial charge on any atom is 0.125 e. The van der Waals surface area contributed by atoms with Crippen molar-refractivity contribution in [1.29, 1.82) is 0 Å². The van der Waals surface area contributed by atoms with Crippen molar-refractivity contribution < 1.29 is 15.7 Å². The molecule has 0 radical (unpaired) electrons. The monoisotopic (exact) mass is 334 g/mol. The first-order chi connectivity index (χ1) is 10.8. The van der Waals surface area contributed by atoms with E-state index in [0.29, 0.717) is 17.3 Å². The van der Waals surface area contributed by atoms with Crippen molar-refractivity contribution in [2.24, 2.45) is 34.5 Å². The minimum Gasteiger partial charge on any atom is -0.412 e. The van der Waals surface area contributed by atoms with Crippen molar-refractivity contribution in [3.05, 3.63) is 0 Å². The summed E-state index contributed by atoms with van der Waals surface area (Å²) >= 11 is 0. The van der Waals surface area contributed by atoms with E-state index in [9.17, 15) is 10.2 Å². The third kappa shape index (κ3) is 2.30. The molecular formula is C21H34O3. The molecule has 3 nitrogen and oxygen atoms in total. The average Bonchev–Trinajstić information content (AvgIpc) is 2.84. The van der Waals surface area contributed by atoms with Gasteiger partial charge in [0.2, 0.25) is 0 Å². The second kappa shape index (κ2) is 5.73. The molecule has 136 valence electrons. The van der Waals surface area contributed by atoms with Crippen LogP contribution in [0.1, 0.15) is 71.6 Å². The molecule has 24 heavy (non-hydrogen) atoms. The van der Waals surface area contributed by atoms with Crippen molar-refractivity contribution in [2.45, 2.75) is 83.3 Å². The Morgan fingerprint density at radius 3 is 2.33 bits per heavy atom. The van der Waals surface area contributed by atoms with Crippen LogP contribution in [0.5, 0.6) is 0 Å². The number of aliphatic hydroxyl groups is 2. The topological polar surface area (TPSA) is 72.0 Å². The molecule has 0 aliphatic heterocycles. The van der Waals surface area contributed by atoms with Gasteiger partial charge in [0.1, 0.15) is 5.60 Å². The Balaban J connectivity index is 0.00000169. The Labute approximate surface area is 146 Å². The van der Waals surface area contributed by atoms with Crippen molar-refractivity contribution in [1.82, 2.24) is 0 Å². The standard InChI is InChI=1S/C21H32O2.H2O/c1-4-21(23)12-11-19(2)14(13-21)5-6-15-16-7-8-18(22)20(16,3)10-9-17(15)19;/h1,14-18,22-23H,5-13H2,2-3H3;1H2/t14-,15-,16-,17-,18-,19-,20-,21-;/m0./s1. The van der Waals surface area contributed by atoms with Crippen LogP contribution in [-0.4, -0.2) is 27.4 Å². The highest BCUT2D eigenvalue weighted by atomic mass is 16.3. The van der Waals surface area contributed by atoms with E-state index in [-0.39, 0.29) is 17.0 Å². The molecule has 8 atom stereocenters. The van der Waals surface area contributed by atoms with Gasteiger partial charge in [-0.3, -0.25) is 0 Å². The van der Waals surface area contributed by atoms with Crippen LogP contribution < -0.4 is 0 Å². The molecule has 0 spiro atoms. The maximum absolute atomic E-state index is 10.6. The van der Waals surface area contributed by atoms with Gasteiger partial charge in [0.15, 0.2) is 0 Å². The highest BCUT2D eigenvalue weighted by Crippen LogP contribution is 2.66. The Kier molecular flexibility index (Phi) is 4.35. The summed E-state index contributed by atoms with van der Waals surface area (Å²) in [6, 6.07) is 0. The molecule has 4 saturated carbocycles. The molecule has 0 aromatic rings. The average molecular weight is 335 g/mol. The molecule has 4 rings (SSSR count). The lowest BCUT2D eigenvalue weighted by molar-refractivity contribution is -0.143. The minimum atomic E-state index is -0.857. The Morgan fingerprint density at radius 2 is 1.62 bits per heavy atom. The summed E-state index contributed by atoms with van der Waals surface area (Å²) in [5.41, 5.74) is -0.344. The first kappa shape index (κ1) is 18.2. The van der Waals surface area contributed by atoms with Crippen LogP contribution in [-0.2, 0) is 0 Å². The minimum absolute atomic E-state index is 0. The van der Waals surface area contributed by atoms with Gasteiger partial charge in [0.05, 0.1) is 6.10 Å². The lowest BCUT2D eigenvalue weighted by Gasteiger charge is -2.61. The smallest absolute Gasteiger partial charge is 0.125 e. The quantitative estimate of drug-likeness (QED) is 0.669. The Bertz CT molecular complexity index is 540. The van der Waals surface area contributed by atoms with Crippen LogP contribution >= 0.6 is 0 Å². The second-order valence-corrected chi connectivity index (χ2v) is 9.67. The molecule has 4 fully saturated rings. The largest absolute Gasteiger partial charge is 0.412 e. The predicted octanol–water partition coefficient (Wildman–Crippen LogP) is 2.93. The molecular weight excluding hydrogens is 300 g/mol. The lowest BCUT2D eigenvalue weighted by atomic mass is 9.44. The molecule has 0 saturated heterocycles. The fraction of sp³-hybridized carbons (Fsp3) is 0.905. The van der Waals surface area contributed by atoms with Gasteiger partial charge >= 0.3 is 0 Å². The van der Waals surface area contributed by atoms with Crippen LogP contribution in [0.4, 0.5) is 0 Å². The summed E-state index contributed by atoms with van der Waals surface area (Å²) < 4.78 is 0. The van der Waals surface area contributed by atoms with E-state index >= 15 is 0 Å². The second-order valence-electron chi connectivity index (χ2n) is 9.67. The van der Waals surface area contributed by atoms with Crippen molar-refractivity contribution in [2.75, 3.05) is 0 Å². The fourth-order valence-corrected chi connectivity index (χ4v) is 7.35. The zero-order valence-corrected chi connectivity index (χ0v) is 15.2. The highest BCUT2D eigenvalue weighted by molar-refractivity contribution is 5.16. The summed E-state index contributed by atoms with van der Waals surface area (Å²) in [5.74, 6) is 5.51. The third-order valence-corrected chi connectivity index (χ3v) is 8.95. The molecule has 3 heteroatoms. The highest BCUT2D eigenvalue weighted by Gasteiger charge is 2.60. The first-order valence-corrected chi connectivity index (χ1v) is 9.71. The van der Waals surface area contributed by atoms with Gasteiger partial charge in [0.25, 0.3) is 0 Å². The van der Waals surface area contributed by atoms with E-state index in [0.717, 1.165) is 37.5 Å². The van der Waals surface area contributed by atoms with Gasteiger partial charge in [-0.05, 0) is 92.3 Å². The molecule has 0 heterocycles. The van der Waals surface area contributed by atoms with Crippen molar-refractivity contribution in [3.63, 3.8) is 0 Å². The number of aliphatic hydroxyl groups excluding tert-OH is 1. The van der Waals surface area contributed by atoms with E-state index in [2.05, 4.69) is 19.8 Å². The zero-order valence-electron chi connectivity index (χ0n) is 15.2. The van der Waals surface area contributed by atoms with Crippen molar-refractivity contribution >= 4 is 0 Å². The number of hydrogen-bond acceptors (Lipinski definition) is 2. The molecule has 0 amide bonds. The van der Waals surface area contributed by atoms with Gasteiger partial charge in [-0.25, -0.2) is 0 Å². The third-order valence-electron chi connectivity index (χ3n) is 8.95. The summed E-state index contributed by atoms with van der Waals surface area (Å²) in [5, 5.41) is 21.1. The zero-order chi connectivity index (χ0) is 16.5. The number of terminal acetylenes is 1. The van der Waals surface area contributed by atoms with E-state index in [1.54, 1.807) is 0 Å². The van der Waals surface area contributed by atoms with Crippen LogP contribution in [0.15, 0.2) is 0 Å². The Morgan fingerprint density at radius 1 is 0.917 bits per heavy atom. The summed E-state index contributed by atoms with van der Waals surface area (Å²) in [6.45, 7) is 4.83. The van der Waals surface area contributed by atoms with E-state index < -0.39 is 5.60 Å². The predicted molar refractivity (Wildman–Crippen MR) is 95.1 cm³/mol. The molecule has 0 aromatic carbocycles. The maximum atomic E-state index is 10.6. The fourth-order valence-electron chi connectivity index (χ4n) is 7.35. The first-order valence-electron chi connectivity index (χ1n) is 9.71. The lowest BCUT2D eigenvalue weighted by Crippen LogP contribution is -2.56. The SMILES string of the molecule is C#C[C@]1(O)CC[C@@]2(C)[C@@H](CC[C@@H]3[C@@H]2CC[C@]2(C)[C@@H](O)CC[C@@H]32)C1.O. The molecule has 0 aromatic heterocycles. The molecule has 0 unspecified atom stereocenters. The van der Waals surface area contributed by atoms with Crippen LogP contribution in [0.2, 0.25) is 0 Å². The number of hydrogen-bond donors (Lipinski definition) is 2.